The number of rotatable bonds is 7. The van der Waals surface area contributed by atoms with E-state index in [9.17, 15) is 17.6 Å². The number of hydrogen-bond donors (Lipinski definition) is 0. The summed E-state index contributed by atoms with van der Waals surface area (Å²) in [7, 11) is -3.13. The molecule has 0 aliphatic heterocycles. The Morgan fingerprint density at radius 2 is 2.06 bits per heavy atom. The van der Waals surface area contributed by atoms with Crippen LogP contribution in [0.5, 0.6) is 5.75 Å². The molecule has 0 amide bonds. The maximum Gasteiger partial charge on any atom is 0.165 e. The van der Waals surface area contributed by atoms with Crippen LogP contribution in [0.25, 0.3) is 0 Å². The van der Waals surface area contributed by atoms with Crippen LogP contribution in [0.4, 0.5) is 4.39 Å². The normalized spacial score (nSPS) is 11.2. The molecule has 0 N–H and O–H groups in total. The number of sulfone groups is 1. The molecule has 0 heterocycles. The Labute approximate surface area is 106 Å². The summed E-state index contributed by atoms with van der Waals surface area (Å²) in [6, 6.07) is 3.76. The van der Waals surface area contributed by atoms with Crippen molar-refractivity contribution in [2.24, 2.45) is 0 Å². The summed E-state index contributed by atoms with van der Waals surface area (Å²) in [5, 5.41) is 0. The van der Waals surface area contributed by atoms with Crippen molar-refractivity contribution in [3.05, 3.63) is 29.6 Å². The molecule has 0 saturated heterocycles. The first kappa shape index (κ1) is 14.6. The summed E-state index contributed by atoms with van der Waals surface area (Å²) in [4.78, 5) is 10.4. The van der Waals surface area contributed by atoms with Gasteiger partial charge in [0.15, 0.2) is 21.4 Å². The second kappa shape index (κ2) is 6.49. The Morgan fingerprint density at radius 3 is 2.61 bits per heavy atom. The number of halogens is 1. The lowest BCUT2D eigenvalue weighted by Gasteiger charge is -2.07. The van der Waals surface area contributed by atoms with Gasteiger partial charge in [-0.15, -0.1) is 0 Å². The van der Waals surface area contributed by atoms with Gasteiger partial charge < -0.3 is 4.74 Å². The lowest BCUT2D eigenvalue weighted by atomic mass is 10.2. The molecule has 0 spiro atoms. The van der Waals surface area contributed by atoms with Crippen LogP contribution in [0, 0.1) is 5.82 Å². The molecular formula is C12H15FO4S. The van der Waals surface area contributed by atoms with Crippen LogP contribution in [0.1, 0.15) is 23.7 Å². The number of hydrogen-bond acceptors (Lipinski definition) is 4. The molecule has 0 aliphatic carbocycles. The Kier molecular flexibility index (Phi) is 5.27. The van der Waals surface area contributed by atoms with Crippen molar-refractivity contribution in [3.8, 4) is 5.75 Å². The zero-order chi connectivity index (χ0) is 13.6. The molecule has 0 fully saturated rings. The molecule has 4 nitrogen and oxygen atoms in total. The van der Waals surface area contributed by atoms with E-state index in [-0.39, 0.29) is 29.4 Å². The second-order valence-corrected chi connectivity index (χ2v) is 6.11. The van der Waals surface area contributed by atoms with Gasteiger partial charge in [0, 0.05) is 5.56 Å². The molecule has 0 saturated carbocycles. The molecule has 0 radical (unpaired) electrons. The van der Waals surface area contributed by atoms with Crippen LogP contribution in [0.2, 0.25) is 0 Å². The highest BCUT2D eigenvalue weighted by Gasteiger charge is 2.10. The minimum absolute atomic E-state index is 0.0488. The summed E-state index contributed by atoms with van der Waals surface area (Å²) >= 11 is 0. The minimum atomic E-state index is -3.13. The van der Waals surface area contributed by atoms with Gasteiger partial charge in [-0.05, 0) is 24.6 Å². The molecule has 100 valence electrons. The lowest BCUT2D eigenvalue weighted by Crippen LogP contribution is -2.17. The molecule has 1 aromatic carbocycles. The average Bonchev–Trinajstić information content (AvgIpc) is 2.31. The Balaban J connectivity index is 2.57. The van der Waals surface area contributed by atoms with E-state index < -0.39 is 15.7 Å². The standard InChI is InChI=1S/C12H15FO4S/c1-2-6-18(15,16)7-5-17-12-4-3-10(9-14)8-11(12)13/h3-4,8-9H,2,5-7H2,1H3. The highest BCUT2D eigenvalue weighted by atomic mass is 32.2. The van der Waals surface area contributed by atoms with Crippen molar-refractivity contribution < 1.29 is 22.3 Å². The maximum atomic E-state index is 13.4. The van der Waals surface area contributed by atoms with Gasteiger partial charge in [0.05, 0.1) is 11.5 Å². The number of carbonyl (C=O) groups is 1. The predicted octanol–water partition coefficient (Wildman–Crippen LogP) is 1.84. The van der Waals surface area contributed by atoms with Crippen LogP contribution in [-0.2, 0) is 9.84 Å². The third-order valence-electron chi connectivity index (χ3n) is 2.26. The molecule has 1 rings (SSSR count). The van der Waals surface area contributed by atoms with E-state index in [2.05, 4.69) is 0 Å². The topological polar surface area (TPSA) is 60.4 Å². The largest absolute Gasteiger partial charge is 0.489 e. The summed E-state index contributed by atoms with van der Waals surface area (Å²) in [6.07, 6.45) is 1.07. The van der Waals surface area contributed by atoms with E-state index in [1.807, 2.05) is 0 Å². The van der Waals surface area contributed by atoms with Crippen molar-refractivity contribution in [2.75, 3.05) is 18.1 Å². The fraction of sp³-hybridized carbons (Fsp3) is 0.417. The van der Waals surface area contributed by atoms with E-state index in [1.54, 1.807) is 6.92 Å². The zero-order valence-corrected chi connectivity index (χ0v) is 10.9. The summed E-state index contributed by atoms with van der Waals surface area (Å²) in [6.45, 7) is 1.68. The highest BCUT2D eigenvalue weighted by molar-refractivity contribution is 7.91. The van der Waals surface area contributed by atoms with Gasteiger partial charge in [-0.1, -0.05) is 6.92 Å². The van der Waals surface area contributed by atoms with Crippen LogP contribution < -0.4 is 4.74 Å². The molecule has 6 heteroatoms. The van der Waals surface area contributed by atoms with Gasteiger partial charge in [-0.25, -0.2) is 12.8 Å². The van der Waals surface area contributed by atoms with Crippen LogP contribution in [0.15, 0.2) is 18.2 Å². The molecule has 1 aromatic rings. The molecule has 0 aromatic heterocycles. The van der Waals surface area contributed by atoms with E-state index in [0.29, 0.717) is 12.7 Å². The molecule has 18 heavy (non-hydrogen) atoms. The number of aldehydes is 1. The van der Waals surface area contributed by atoms with E-state index >= 15 is 0 Å². The number of ether oxygens (including phenoxy) is 1. The van der Waals surface area contributed by atoms with E-state index in [1.165, 1.54) is 12.1 Å². The third kappa shape index (κ3) is 4.44. The predicted molar refractivity (Wildman–Crippen MR) is 66.2 cm³/mol. The maximum absolute atomic E-state index is 13.4. The van der Waals surface area contributed by atoms with Crippen LogP contribution in [0.3, 0.4) is 0 Å². The van der Waals surface area contributed by atoms with Gasteiger partial charge in [0.25, 0.3) is 0 Å². The highest BCUT2D eigenvalue weighted by Crippen LogP contribution is 2.17. The van der Waals surface area contributed by atoms with Gasteiger partial charge in [-0.2, -0.15) is 0 Å². The molecule has 0 atom stereocenters. The monoisotopic (exact) mass is 274 g/mol. The summed E-state index contributed by atoms with van der Waals surface area (Å²) in [5.41, 5.74) is 0.207. The van der Waals surface area contributed by atoms with Crippen LogP contribution in [-0.4, -0.2) is 32.8 Å². The van der Waals surface area contributed by atoms with Crippen molar-refractivity contribution in [1.82, 2.24) is 0 Å². The number of benzene rings is 1. The van der Waals surface area contributed by atoms with Crippen molar-refractivity contribution in [2.45, 2.75) is 13.3 Å². The van der Waals surface area contributed by atoms with Crippen molar-refractivity contribution >= 4 is 16.1 Å². The Bertz CT molecular complexity index is 511. The second-order valence-electron chi connectivity index (χ2n) is 3.81. The summed E-state index contributed by atoms with van der Waals surface area (Å²) in [5.74, 6) is -0.765. The lowest BCUT2D eigenvalue weighted by molar-refractivity contribution is 0.112. The molecule has 0 aliphatic rings. The third-order valence-corrected chi connectivity index (χ3v) is 4.08. The van der Waals surface area contributed by atoms with Gasteiger partial charge >= 0.3 is 0 Å². The number of carbonyl (C=O) groups excluding carboxylic acids is 1. The molecule has 0 unspecified atom stereocenters. The zero-order valence-electron chi connectivity index (χ0n) is 10.1. The van der Waals surface area contributed by atoms with Gasteiger partial charge in [0.1, 0.15) is 12.9 Å². The van der Waals surface area contributed by atoms with Crippen molar-refractivity contribution in [1.29, 1.82) is 0 Å². The first-order valence-corrected chi connectivity index (χ1v) is 7.38. The van der Waals surface area contributed by atoms with Crippen LogP contribution >= 0.6 is 0 Å². The Morgan fingerprint density at radius 1 is 1.33 bits per heavy atom. The van der Waals surface area contributed by atoms with E-state index in [0.717, 1.165) is 6.07 Å². The van der Waals surface area contributed by atoms with Crippen molar-refractivity contribution in [3.63, 3.8) is 0 Å². The fourth-order valence-corrected chi connectivity index (χ4v) is 2.56. The van der Waals surface area contributed by atoms with E-state index in [4.69, 9.17) is 4.74 Å². The minimum Gasteiger partial charge on any atom is -0.489 e. The molecule has 0 bridgehead atoms. The first-order chi connectivity index (χ1) is 8.48. The fourth-order valence-electron chi connectivity index (χ4n) is 1.40. The quantitative estimate of drug-likeness (QED) is 0.712. The molecular weight excluding hydrogens is 259 g/mol. The van der Waals surface area contributed by atoms with Gasteiger partial charge in [0.2, 0.25) is 0 Å². The Hall–Kier alpha value is -1.43. The van der Waals surface area contributed by atoms with Gasteiger partial charge in [-0.3, -0.25) is 4.79 Å². The average molecular weight is 274 g/mol. The SMILES string of the molecule is CCCS(=O)(=O)CCOc1ccc(C=O)cc1F. The summed E-state index contributed by atoms with van der Waals surface area (Å²) < 4.78 is 41.2. The first-order valence-electron chi connectivity index (χ1n) is 5.56. The smallest absolute Gasteiger partial charge is 0.165 e.